The highest BCUT2D eigenvalue weighted by Gasteiger charge is 2.10. The highest BCUT2D eigenvalue weighted by molar-refractivity contribution is 5.28. The molecule has 3 rings (SSSR count). The number of aromatic amines is 1. The second-order valence-electron chi connectivity index (χ2n) is 6.98. The Morgan fingerprint density at radius 1 is 1.19 bits per heavy atom. The quantitative estimate of drug-likeness (QED) is 0.696. The number of rotatable bonds is 9. The van der Waals surface area contributed by atoms with E-state index in [1.54, 1.807) is 6.20 Å². The van der Waals surface area contributed by atoms with Crippen LogP contribution in [0, 0.1) is 11.3 Å². The standard InChI is InChI=1S/C21H28N4O/c22-11-10-19-16-23-21(24-19)9-2-5-14-26-20-8-6-7-18(15-20)17-25-12-3-1-4-13-25/h6-8,15-16H,1-5,9-10,12-14,17H2,(H,23,24). The maximum atomic E-state index is 8.68. The lowest BCUT2D eigenvalue weighted by Crippen LogP contribution is -2.29. The lowest BCUT2D eigenvalue weighted by molar-refractivity contribution is 0.220. The summed E-state index contributed by atoms with van der Waals surface area (Å²) in [5.41, 5.74) is 2.23. The molecule has 2 aromatic rings. The molecule has 1 aromatic carbocycles. The van der Waals surface area contributed by atoms with Gasteiger partial charge < -0.3 is 9.72 Å². The number of hydrogen-bond acceptors (Lipinski definition) is 4. The summed E-state index contributed by atoms with van der Waals surface area (Å²) in [6, 6.07) is 10.6. The molecule has 1 N–H and O–H groups in total. The van der Waals surface area contributed by atoms with E-state index >= 15 is 0 Å². The number of nitrogens with one attached hydrogen (secondary N) is 1. The van der Waals surface area contributed by atoms with Crippen molar-refractivity contribution in [3.8, 4) is 11.8 Å². The number of ether oxygens (including phenoxy) is 1. The predicted molar refractivity (Wildman–Crippen MR) is 102 cm³/mol. The van der Waals surface area contributed by atoms with Crippen LogP contribution in [0.1, 0.15) is 49.2 Å². The molecule has 1 saturated heterocycles. The van der Waals surface area contributed by atoms with Crippen LogP contribution in [0.3, 0.4) is 0 Å². The van der Waals surface area contributed by atoms with Crippen LogP contribution < -0.4 is 4.74 Å². The van der Waals surface area contributed by atoms with Crippen molar-refractivity contribution in [2.75, 3.05) is 19.7 Å². The molecule has 0 aliphatic carbocycles. The van der Waals surface area contributed by atoms with Gasteiger partial charge >= 0.3 is 0 Å². The van der Waals surface area contributed by atoms with Gasteiger partial charge in [-0.3, -0.25) is 4.90 Å². The molecule has 5 heteroatoms. The molecule has 0 unspecified atom stereocenters. The maximum absolute atomic E-state index is 8.68. The average molecular weight is 352 g/mol. The number of H-pyrrole nitrogens is 1. The number of nitriles is 1. The molecular weight excluding hydrogens is 324 g/mol. The van der Waals surface area contributed by atoms with E-state index in [0.29, 0.717) is 6.42 Å². The van der Waals surface area contributed by atoms with Crippen LogP contribution in [-0.4, -0.2) is 34.6 Å². The first-order valence-electron chi connectivity index (χ1n) is 9.67. The van der Waals surface area contributed by atoms with Gasteiger partial charge in [-0.2, -0.15) is 5.26 Å². The van der Waals surface area contributed by atoms with Crippen molar-refractivity contribution >= 4 is 0 Å². The van der Waals surface area contributed by atoms with E-state index < -0.39 is 0 Å². The Balaban J connectivity index is 1.36. The van der Waals surface area contributed by atoms with E-state index in [9.17, 15) is 0 Å². The second-order valence-corrected chi connectivity index (χ2v) is 6.98. The van der Waals surface area contributed by atoms with Crippen LogP contribution in [0.5, 0.6) is 5.75 Å². The Kier molecular flexibility index (Phi) is 7.09. The zero-order valence-electron chi connectivity index (χ0n) is 15.4. The third-order valence-electron chi connectivity index (χ3n) is 4.78. The number of imidazole rings is 1. The molecule has 0 bridgehead atoms. The van der Waals surface area contributed by atoms with Gasteiger partial charge in [-0.15, -0.1) is 0 Å². The normalized spacial score (nSPS) is 14.9. The minimum Gasteiger partial charge on any atom is -0.494 e. The van der Waals surface area contributed by atoms with Crippen molar-refractivity contribution in [1.29, 1.82) is 5.26 Å². The molecule has 0 radical (unpaired) electrons. The highest BCUT2D eigenvalue weighted by Crippen LogP contribution is 2.18. The lowest BCUT2D eigenvalue weighted by Gasteiger charge is -2.26. The van der Waals surface area contributed by atoms with Crippen molar-refractivity contribution in [2.24, 2.45) is 0 Å². The second kappa shape index (κ2) is 9.98. The van der Waals surface area contributed by atoms with Crippen molar-refractivity contribution < 1.29 is 4.74 Å². The molecule has 1 fully saturated rings. The van der Waals surface area contributed by atoms with Crippen LogP contribution in [0.25, 0.3) is 0 Å². The molecule has 2 heterocycles. The molecule has 5 nitrogen and oxygen atoms in total. The number of benzene rings is 1. The van der Waals surface area contributed by atoms with Gasteiger partial charge in [0.25, 0.3) is 0 Å². The van der Waals surface area contributed by atoms with Crippen LogP contribution >= 0.6 is 0 Å². The summed E-state index contributed by atoms with van der Waals surface area (Å²) in [7, 11) is 0. The van der Waals surface area contributed by atoms with Gasteiger partial charge in [-0.1, -0.05) is 18.6 Å². The predicted octanol–water partition coefficient (Wildman–Crippen LogP) is 3.86. The number of likely N-dealkylation sites (tertiary alicyclic amines) is 1. The third kappa shape index (κ3) is 5.89. The Morgan fingerprint density at radius 3 is 2.92 bits per heavy atom. The Labute approximate surface area is 156 Å². The van der Waals surface area contributed by atoms with Gasteiger partial charge in [-0.05, 0) is 56.5 Å². The first-order chi connectivity index (χ1) is 12.8. The van der Waals surface area contributed by atoms with Gasteiger partial charge in [-0.25, -0.2) is 4.98 Å². The summed E-state index contributed by atoms with van der Waals surface area (Å²) in [4.78, 5) is 10.0. The smallest absolute Gasteiger partial charge is 0.119 e. The fraction of sp³-hybridized carbons (Fsp3) is 0.524. The van der Waals surface area contributed by atoms with E-state index in [4.69, 9.17) is 10.00 Å². The van der Waals surface area contributed by atoms with E-state index in [0.717, 1.165) is 49.7 Å². The van der Waals surface area contributed by atoms with Gasteiger partial charge in [0.2, 0.25) is 0 Å². The molecule has 1 aromatic heterocycles. The molecule has 138 valence electrons. The lowest BCUT2D eigenvalue weighted by atomic mass is 10.1. The minimum atomic E-state index is 0.393. The molecule has 26 heavy (non-hydrogen) atoms. The largest absolute Gasteiger partial charge is 0.494 e. The van der Waals surface area contributed by atoms with Gasteiger partial charge in [0.15, 0.2) is 0 Å². The summed E-state index contributed by atoms with van der Waals surface area (Å²) in [5.74, 6) is 1.92. The number of aryl methyl sites for hydroxylation is 1. The Hall–Kier alpha value is -2.32. The summed E-state index contributed by atoms with van der Waals surface area (Å²) in [6.45, 7) is 4.18. The highest BCUT2D eigenvalue weighted by atomic mass is 16.5. The molecular formula is C21H28N4O. The van der Waals surface area contributed by atoms with Crippen LogP contribution in [0.4, 0.5) is 0 Å². The third-order valence-corrected chi connectivity index (χ3v) is 4.78. The maximum Gasteiger partial charge on any atom is 0.119 e. The Bertz CT molecular complexity index is 713. The first-order valence-corrected chi connectivity index (χ1v) is 9.67. The number of piperidine rings is 1. The van der Waals surface area contributed by atoms with Crippen LogP contribution in [-0.2, 0) is 19.4 Å². The number of hydrogen-bond donors (Lipinski definition) is 1. The average Bonchev–Trinajstić information content (AvgIpc) is 3.10. The van der Waals surface area contributed by atoms with Crippen LogP contribution in [0.15, 0.2) is 30.5 Å². The molecule has 1 aliphatic heterocycles. The van der Waals surface area contributed by atoms with E-state index in [1.165, 1.54) is 37.9 Å². The van der Waals surface area contributed by atoms with E-state index in [1.807, 2.05) is 6.07 Å². The first kappa shape index (κ1) is 18.5. The zero-order chi connectivity index (χ0) is 18.0. The number of unbranched alkanes of at least 4 members (excludes halogenated alkanes) is 1. The van der Waals surface area contributed by atoms with Crippen molar-refractivity contribution in [3.63, 3.8) is 0 Å². The van der Waals surface area contributed by atoms with E-state index in [-0.39, 0.29) is 0 Å². The van der Waals surface area contributed by atoms with E-state index in [2.05, 4.69) is 39.1 Å². The molecule has 0 atom stereocenters. The minimum absolute atomic E-state index is 0.393. The van der Waals surface area contributed by atoms with Gasteiger partial charge in [0, 0.05) is 24.9 Å². The fourth-order valence-corrected chi connectivity index (χ4v) is 3.40. The molecule has 0 spiro atoms. The summed E-state index contributed by atoms with van der Waals surface area (Å²) < 4.78 is 5.93. The molecule has 1 aliphatic rings. The van der Waals surface area contributed by atoms with Crippen molar-refractivity contribution in [1.82, 2.24) is 14.9 Å². The van der Waals surface area contributed by atoms with Crippen molar-refractivity contribution in [2.45, 2.75) is 51.5 Å². The van der Waals surface area contributed by atoms with Gasteiger partial charge in [0.05, 0.1) is 19.1 Å². The van der Waals surface area contributed by atoms with Crippen LogP contribution in [0.2, 0.25) is 0 Å². The Morgan fingerprint density at radius 2 is 2.08 bits per heavy atom. The summed E-state index contributed by atoms with van der Waals surface area (Å²) >= 11 is 0. The monoisotopic (exact) mass is 352 g/mol. The summed E-state index contributed by atoms with van der Waals surface area (Å²) in [5, 5.41) is 8.68. The number of nitrogens with zero attached hydrogens (tertiary/aromatic N) is 3. The number of aromatic nitrogens is 2. The summed E-state index contributed by atoms with van der Waals surface area (Å²) in [6.07, 6.45) is 9.07. The van der Waals surface area contributed by atoms with Gasteiger partial charge in [0.1, 0.15) is 11.6 Å². The molecule has 0 amide bonds. The SMILES string of the molecule is N#CCc1cnc(CCCCOc2cccc(CN3CCCCC3)c2)[nH]1. The fourth-order valence-electron chi connectivity index (χ4n) is 3.40. The van der Waals surface area contributed by atoms with Crippen molar-refractivity contribution in [3.05, 3.63) is 47.5 Å². The zero-order valence-corrected chi connectivity index (χ0v) is 15.4. The molecule has 0 saturated carbocycles. The topological polar surface area (TPSA) is 64.9 Å².